The molecule has 0 saturated heterocycles. The molecule has 0 bridgehead atoms. The van der Waals surface area contributed by atoms with Crippen LogP contribution in [-0.4, -0.2) is 35.2 Å². The van der Waals surface area contributed by atoms with Crippen molar-refractivity contribution in [1.29, 1.82) is 0 Å². The van der Waals surface area contributed by atoms with Gasteiger partial charge in [0.2, 0.25) is 5.91 Å². The van der Waals surface area contributed by atoms with E-state index in [1.807, 2.05) is 45.4 Å². The third-order valence-electron chi connectivity index (χ3n) is 5.56. The lowest BCUT2D eigenvalue weighted by Gasteiger charge is -2.19. The van der Waals surface area contributed by atoms with Gasteiger partial charge in [-0.3, -0.25) is 4.79 Å². The quantitative estimate of drug-likeness (QED) is 0.490. The SMILES string of the molecule is Cc1cc(C)nc(-n2nc(C)c(CC(=O)NC(c3ccc(F)cc3)c3nccn3C)c2C)n1. The maximum atomic E-state index is 13.5. The van der Waals surface area contributed by atoms with E-state index in [0.717, 1.165) is 33.9 Å². The van der Waals surface area contributed by atoms with Crippen molar-refractivity contribution in [3.63, 3.8) is 0 Å². The van der Waals surface area contributed by atoms with E-state index < -0.39 is 6.04 Å². The number of aryl methyl sites for hydroxylation is 4. The van der Waals surface area contributed by atoms with Crippen LogP contribution in [0.5, 0.6) is 0 Å². The Labute approximate surface area is 191 Å². The minimum absolute atomic E-state index is 0.130. The van der Waals surface area contributed by atoms with Crippen LogP contribution in [0.2, 0.25) is 0 Å². The molecule has 0 radical (unpaired) electrons. The molecule has 1 N–H and O–H groups in total. The van der Waals surface area contributed by atoms with Crippen molar-refractivity contribution in [3.8, 4) is 5.95 Å². The van der Waals surface area contributed by atoms with E-state index in [-0.39, 0.29) is 18.1 Å². The molecular formula is C24H26FN7O. The fraction of sp³-hybridized carbons (Fsp3) is 0.292. The molecule has 0 aliphatic carbocycles. The summed E-state index contributed by atoms with van der Waals surface area (Å²) in [7, 11) is 1.85. The molecule has 8 nitrogen and oxygen atoms in total. The van der Waals surface area contributed by atoms with Crippen molar-refractivity contribution >= 4 is 5.91 Å². The fourth-order valence-electron chi connectivity index (χ4n) is 3.91. The van der Waals surface area contributed by atoms with Gasteiger partial charge in [-0.15, -0.1) is 0 Å². The van der Waals surface area contributed by atoms with E-state index in [1.54, 1.807) is 29.2 Å². The zero-order valence-corrected chi connectivity index (χ0v) is 19.3. The topological polar surface area (TPSA) is 90.5 Å². The molecule has 0 spiro atoms. The van der Waals surface area contributed by atoms with E-state index in [9.17, 15) is 9.18 Å². The summed E-state index contributed by atoms with van der Waals surface area (Å²) in [4.78, 5) is 26.5. The second-order valence-electron chi connectivity index (χ2n) is 8.14. The number of aromatic nitrogens is 6. The summed E-state index contributed by atoms with van der Waals surface area (Å²) in [5, 5.41) is 7.63. The van der Waals surface area contributed by atoms with Crippen molar-refractivity contribution in [1.82, 2.24) is 34.6 Å². The monoisotopic (exact) mass is 447 g/mol. The smallest absolute Gasteiger partial charge is 0.251 e. The Morgan fingerprint density at radius 3 is 2.36 bits per heavy atom. The summed E-state index contributed by atoms with van der Waals surface area (Å²) >= 11 is 0. The lowest BCUT2D eigenvalue weighted by molar-refractivity contribution is -0.121. The highest BCUT2D eigenvalue weighted by Gasteiger charge is 2.23. The first kappa shape index (κ1) is 22.3. The molecule has 170 valence electrons. The number of rotatable bonds is 6. The number of amides is 1. The molecule has 0 saturated carbocycles. The van der Waals surface area contributed by atoms with Gasteiger partial charge in [0.15, 0.2) is 0 Å². The highest BCUT2D eigenvalue weighted by Crippen LogP contribution is 2.22. The first-order chi connectivity index (χ1) is 15.7. The molecule has 3 aromatic heterocycles. The first-order valence-electron chi connectivity index (χ1n) is 10.6. The summed E-state index contributed by atoms with van der Waals surface area (Å²) < 4.78 is 17.0. The van der Waals surface area contributed by atoms with Crippen molar-refractivity contribution in [3.05, 3.63) is 88.3 Å². The number of halogens is 1. The number of nitrogens with one attached hydrogen (secondary N) is 1. The molecule has 1 atom stereocenters. The Morgan fingerprint density at radius 2 is 1.76 bits per heavy atom. The number of imidazole rings is 1. The van der Waals surface area contributed by atoms with Gasteiger partial charge in [-0.05, 0) is 51.5 Å². The van der Waals surface area contributed by atoms with Crippen molar-refractivity contribution in [2.45, 2.75) is 40.2 Å². The molecule has 1 amide bonds. The largest absolute Gasteiger partial charge is 0.342 e. The molecule has 0 aliphatic rings. The normalized spacial score (nSPS) is 12.1. The van der Waals surface area contributed by atoms with Gasteiger partial charge in [-0.2, -0.15) is 5.10 Å². The lowest BCUT2D eigenvalue weighted by Crippen LogP contribution is -2.32. The highest BCUT2D eigenvalue weighted by atomic mass is 19.1. The van der Waals surface area contributed by atoms with Crippen molar-refractivity contribution < 1.29 is 9.18 Å². The summed E-state index contributed by atoms with van der Waals surface area (Å²) in [6, 6.07) is 7.44. The van der Waals surface area contributed by atoms with Gasteiger partial charge in [0.1, 0.15) is 17.7 Å². The second kappa shape index (κ2) is 8.93. The molecule has 1 unspecified atom stereocenters. The van der Waals surface area contributed by atoms with E-state index in [2.05, 4.69) is 25.4 Å². The minimum atomic E-state index is -0.517. The molecule has 0 fully saturated rings. The Kier molecular flexibility index (Phi) is 6.04. The van der Waals surface area contributed by atoms with Crippen LogP contribution >= 0.6 is 0 Å². The average molecular weight is 448 g/mol. The van der Waals surface area contributed by atoms with Crippen LogP contribution in [-0.2, 0) is 18.3 Å². The summed E-state index contributed by atoms with van der Waals surface area (Å²) in [6.45, 7) is 7.59. The third-order valence-corrected chi connectivity index (χ3v) is 5.56. The molecule has 4 rings (SSSR count). The van der Waals surface area contributed by atoms with Gasteiger partial charge in [-0.25, -0.2) is 24.0 Å². The molecule has 0 aliphatic heterocycles. The second-order valence-corrected chi connectivity index (χ2v) is 8.14. The van der Waals surface area contributed by atoms with Crippen LogP contribution in [0.3, 0.4) is 0 Å². The maximum Gasteiger partial charge on any atom is 0.251 e. The summed E-state index contributed by atoms with van der Waals surface area (Å²) in [5.41, 5.74) is 4.80. The van der Waals surface area contributed by atoms with Gasteiger partial charge >= 0.3 is 0 Å². The number of carbonyl (C=O) groups is 1. The van der Waals surface area contributed by atoms with E-state index in [4.69, 9.17) is 0 Å². The van der Waals surface area contributed by atoms with E-state index >= 15 is 0 Å². The Balaban J connectivity index is 1.61. The van der Waals surface area contributed by atoms with E-state index in [0.29, 0.717) is 11.8 Å². The Hall–Kier alpha value is -3.88. The predicted octanol–water partition coefficient (Wildman–Crippen LogP) is 3.22. The third kappa shape index (κ3) is 4.67. The number of carbonyl (C=O) groups excluding carboxylic acids is 1. The van der Waals surface area contributed by atoms with Gasteiger partial charge in [-0.1, -0.05) is 12.1 Å². The predicted molar refractivity (Wildman–Crippen MR) is 121 cm³/mol. The summed E-state index contributed by atoms with van der Waals surface area (Å²) in [6.07, 6.45) is 3.60. The van der Waals surface area contributed by atoms with Crippen LogP contribution < -0.4 is 5.32 Å². The fourth-order valence-corrected chi connectivity index (χ4v) is 3.91. The van der Waals surface area contributed by atoms with Gasteiger partial charge in [0.05, 0.1) is 12.1 Å². The molecule has 33 heavy (non-hydrogen) atoms. The van der Waals surface area contributed by atoms with Crippen LogP contribution in [0, 0.1) is 33.5 Å². The first-order valence-corrected chi connectivity index (χ1v) is 10.6. The highest BCUT2D eigenvalue weighted by molar-refractivity contribution is 5.80. The molecule has 3 heterocycles. The number of nitrogens with zero attached hydrogens (tertiary/aromatic N) is 6. The minimum Gasteiger partial charge on any atom is -0.342 e. The van der Waals surface area contributed by atoms with Gasteiger partial charge in [0, 0.05) is 42.1 Å². The van der Waals surface area contributed by atoms with Crippen molar-refractivity contribution in [2.24, 2.45) is 7.05 Å². The standard InChI is InChI=1S/C24H26FN7O/c1-14-12-15(2)28-24(27-14)32-17(4)20(16(3)30-32)13-21(33)29-22(23-26-10-11-31(23)5)18-6-8-19(25)9-7-18/h6-12,22H,13H2,1-5H3,(H,29,33). The summed E-state index contributed by atoms with van der Waals surface area (Å²) in [5.74, 6) is 0.607. The zero-order chi connectivity index (χ0) is 23.7. The Morgan fingerprint density at radius 1 is 1.09 bits per heavy atom. The van der Waals surface area contributed by atoms with Crippen LogP contribution in [0.1, 0.15) is 45.8 Å². The Bertz CT molecular complexity index is 1290. The average Bonchev–Trinajstić information content (AvgIpc) is 3.30. The van der Waals surface area contributed by atoms with Gasteiger partial charge < -0.3 is 9.88 Å². The maximum absolute atomic E-state index is 13.5. The molecular weight excluding hydrogens is 421 g/mol. The number of hydrogen-bond acceptors (Lipinski definition) is 5. The van der Waals surface area contributed by atoms with Crippen LogP contribution in [0.4, 0.5) is 4.39 Å². The number of benzene rings is 1. The number of hydrogen-bond donors (Lipinski definition) is 1. The molecule has 4 aromatic rings. The molecule has 9 heteroatoms. The van der Waals surface area contributed by atoms with Crippen LogP contribution in [0.25, 0.3) is 5.95 Å². The van der Waals surface area contributed by atoms with Crippen LogP contribution in [0.15, 0.2) is 42.7 Å². The zero-order valence-electron chi connectivity index (χ0n) is 19.3. The molecule has 1 aromatic carbocycles. The lowest BCUT2D eigenvalue weighted by atomic mass is 10.0. The van der Waals surface area contributed by atoms with E-state index in [1.165, 1.54) is 12.1 Å². The van der Waals surface area contributed by atoms with Crippen molar-refractivity contribution in [2.75, 3.05) is 0 Å². The van der Waals surface area contributed by atoms with Gasteiger partial charge in [0.25, 0.3) is 5.95 Å².